The minimum Gasteiger partial charge on any atom is -0.477 e. The van der Waals surface area contributed by atoms with Gasteiger partial charge in [0.15, 0.2) is 5.13 Å². The monoisotopic (exact) mass is 621 g/mol. The summed E-state index contributed by atoms with van der Waals surface area (Å²) in [6, 6.07) is -0.977. The summed E-state index contributed by atoms with van der Waals surface area (Å²) >= 11 is 3.52. The van der Waals surface area contributed by atoms with Gasteiger partial charge < -0.3 is 26.7 Å². The molecule has 3 aliphatic rings. The smallest absolute Gasteiger partial charge is 0.352 e. The van der Waals surface area contributed by atoms with E-state index in [1.165, 1.54) is 28.4 Å². The third kappa shape index (κ3) is 6.36. The van der Waals surface area contributed by atoms with Crippen molar-refractivity contribution in [1.29, 1.82) is 0 Å². The van der Waals surface area contributed by atoms with Gasteiger partial charge in [0.25, 0.3) is 11.8 Å². The number of carbonyl (C=O) groups excluding carboxylic acids is 2. The summed E-state index contributed by atoms with van der Waals surface area (Å²) < 4.78 is 5.67. The molecule has 1 saturated heterocycles. The Morgan fingerprint density at radius 1 is 1.37 bits per heavy atom. The molecule has 0 aromatic carbocycles. The second-order valence-corrected chi connectivity index (χ2v) is 12.0. The maximum absolute atomic E-state index is 13.3. The number of hydrogen-bond donors (Lipinski definition) is 4. The van der Waals surface area contributed by atoms with Crippen LogP contribution in [0.3, 0.4) is 0 Å². The topological polar surface area (TPSA) is 230 Å². The average Bonchev–Trinajstić information content (AvgIpc) is 3.62. The van der Waals surface area contributed by atoms with Crippen LogP contribution in [-0.4, -0.2) is 98.6 Å². The van der Waals surface area contributed by atoms with Crippen LogP contribution in [0.5, 0.6) is 0 Å². The zero-order valence-electron chi connectivity index (χ0n) is 21.6. The minimum absolute atomic E-state index is 0.0241. The van der Waals surface area contributed by atoms with Gasteiger partial charge in [-0.1, -0.05) is 23.0 Å². The molecule has 6 N–H and O–H groups in total. The fraction of sp³-hybridized carbons (Fsp3) is 0.500. The number of rotatable bonds is 12. The highest BCUT2D eigenvalue weighted by atomic mass is 32.2. The minimum atomic E-state index is -1.23. The molecule has 2 aliphatic heterocycles. The molecule has 1 fully saturated rings. The highest BCUT2D eigenvalue weighted by Crippen LogP contribution is 2.41. The van der Waals surface area contributed by atoms with Crippen LogP contribution >= 0.6 is 35.1 Å². The second kappa shape index (κ2) is 13.0. The first-order chi connectivity index (χ1) is 19.9. The van der Waals surface area contributed by atoms with Crippen molar-refractivity contribution in [2.75, 3.05) is 23.8 Å². The zero-order chi connectivity index (χ0) is 28.9. The van der Waals surface area contributed by atoms with Gasteiger partial charge in [0, 0.05) is 29.6 Å². The van der Waals surface area contributed by atoms with Crippen LogP contribution in [0.25, 0.3) is 0 Å². The number of aromatic nitrogens is 6. The molecule has 41 heavy (non-hydrogen) atoms. The van der Waals surface area contributed by atoms with E-state index in [2.05, 4.69) is 35.4 Å². The Balaban J connectivity index is 1.28. The van der Waals surface area contributed by atoms with Crippen LogP contribution in [0.1, 0.15) is 31.5 Å². The maximum atomic E-state index is 13.3. The van der Waals surface area contributed by atoms with Gasteiger partial charge in [-0.2, -0.15) is 9.36 Å². The van der Waals surface area contributed by atoms with Crippen LogP contribution in [0, 0.1) is 0 Å². The number of carbonyl (C=O) groups is 3. The molecule has 2 aromatic rings. The molecule has 2 aromatic heterocycles. The Hall–Kier alpha value is -3.55. The number of fused-ring (bicyclic) bond motifs is 1. The zero-order valence-corrected chi connectivity index (χ0v) is 24.0. The number of β-lactam (4-membered cyclic amide) rings is 1. The summed E-state index contributed by atoms with van der Waals surface area (Å²) in [6.45, 7) is 1.02. The van der Waals surface area contributed by atoms with Crippen LogP contribution in [0.4, 0.5) is 5.13 Å². The largest absolute Gasteiger partial charge is 0.477 e. The summed E-state index contributed by atoms with van der Waals surface area (Å²) in [7, 11) is 0. The van der Waals surface area contributed by atoms with E-state index in [1.54, 1.807) is 4.68 Å². The predicted octanol–water partition coefficient (Wildman–Crippen LogP) is -0.184. The molecule has 0 spiro atoms. The second-order valence-electron chi connectivity index (χ2n) is 9.13. The number of aryl methyl sites for hydroxylation is 1. The standard InChI is InChI=1S/C22H27N11O5S3/c23-7-4-8-32-22(27-30-31-32)40-10-11-9-39-19-14(18(35)33(19)15(11)20(36)37)25-17(34)13(16-26-21(24)41-29-16)28-38-12-5-2-1-3-6-12/h2,5,12,14,19H,1,3-4,6-10,23H2,(H,25,34)(H,36,37)(H2,24,26,29)/t12?,14?,19-/m0/s1. The molecule has 2 unspecified atom stereocenters. The summed E-state index contributed by atoms with van der Waals surface area (Å²) in [6.07, 6.45) is 6.85. The number of carboxylic acids is 1. The number of hydrogen-bond acceptors (Lipinski definition) is 15. The average molecular weight is 622 g/mol. The van der Waals surface area contributed by atoms with Crippen LogP contribution in [0.2, 0.25) is 0 Å². The number of nitrogens with one attached hydrogen (secondary N) is 1. The Labute approximate surface area is 246 Å². The van der Waals surface area contributed by atoms with Crippen LogP contribution in [-0.2, 0) is 25.8 Å². The molecule has 0 bridgehead atoms. The van der Waals surface area contributed by atoms with E-state index in [-0.39, 0.29) is 34.2 Å². The first-order valence-electron chi connectivity index (χ1n) is 12.7. The molecule has 0 saturated carbocycles. The quantitative estimate of drug-likeness (QED) is 0.0792. The molecule has 4 heterocycles. The summed E-state index contributed by atoms with van der Waals surface area (Å²) in [5.74, 6) is -1.93. The lowest BCUT2D eigenvalue weighted by Crippen LogP contribution is -2.71. The van der Waals surface area contributed by atoms with Gasteiger partial charge in [0.1, 0.15) is 23.2 Å². The lowest BCUT2D eigenvalue weighted by molar-refractivity contribution is -0.150. The van der Waals surface area contributed by atoms with Crippen molar-refractivity contribution < 1.29 is 24.3 Å². The fourth-order valence-electron chi connectivity index (χ4n) is 4.34. The van der Waals surface area contributed by atoms with Crippen molar-refractivity contribution in [3.8, 4) is 0 Å². The number of allylic oxidation sites excluding steroid dienone is 1. The van der Waals surface area contributed by atoms with E-state index in [9.17, 15) is 19.5 Å². The van der Waals surface area contributed by atoms with Crippen molar-refractivity contribution in [1.82, 2.24) is 39.8 Å². The molecule has 218 valence electrons. The van der Waals surface area contributed by atoms with Crippen molar-refractivity contribution in [2.24, 2.45) is 10.9 Å². The van der Waals surface area contributed by atoms with Gasteiger partial charge in [-0.05, 0) is 54.3 Å². The van der Waals surface area contributed by atoms with Crippen molar-refractivity contribution >= 4 is 63.7 Å². The SMILES string of the molecule is NCCCn1nnnc1SCC1=C(C(=O)O)N2C(=O)C(NC(=O)C(=NOC3C=CCCC3)c3nsc(N)n3)[C@@H]2SC1. The Kier molecular flexibility index (Phi) is 9.15. The van der Waals surface area contributed by atoms with Gasteiger partial charge in [-0.15, -0.1) is 16.9 Å². The molecule has 19 heteroatoms. The number of nitrogens with two attached hydrogens (primary N) is 2. The third-order valence-electron chi connectivity index (χ3n) is 6.34. The van der Waals surface area contributed by atoms with E-state index >= 15 is 0 Å². The Morgan fingerprint density at radius 3 is 2.93 bits per heavy atom. The molecule has 2 amide bonds. The highest BCUT2D eigenvalue weighted by Gasteiger charge is 2.54. The van der Waals surface area contributed by atoms with Gasteiger partial charge in [-0.25, -0.2) is 9.48 Å². The molecular weight excluding hydrogens is 595 g/mol. The number of oxime groups is 1. The van der Waals surface area contributed by atoms with E-state index in [4.69, 9.17) is 16.3 Å². The van der Waals surface area contributed by atoms with Gasteiger partial charge >= 0.3 is 5.97 Å². The molecule has 5 rings (SSSR count). The van der Waals surface area contributed by atoms with Crippen LogP contribution < -0.4 is 16.8 Å². The lowest BCUT2D eigenvalue weighted by Gasteiger charge is -2.49. The summed E-state index contributed by atoms with van der Waals surface area (Å²) in [4.78, 5) is 49.5. The van der Waals surface area contributed by atoms with Crippen LogP contribution in [0.15, 0.2) is 33.7 Å². The van der Waals surface area contributed by atoms with E-state index in [0.717, 1.165) is 30.8 Å². The summed E-state index contributed by atoms with van der Waals surface area (Å²) in [5, 5.41) is 28.3. The van der Waals surface area contributed by atoms with Gasteiger partial charge in [-0.3, -0.25) is 14.5 Å². The van der Waals surface area contributed by atoms with Gasteiger partial charge in [0.05, 0.1) is 0 Å². The molecule has 3 atom stereocenters. The number of nitrogens with zero attached hydrogens (tertiary/aromatic N) is 8. The number of carboxylic acid groups (broad SMARTS) is 1. The number of thioether (sulfide) groups is 2. The number of tetrazole rings is 1. The van der Waals surface area contributed by atoms with Crippen molar-refractivity contribution in [3.63, 3.8) is 0 Å². The third-order valence-corrected chi connectivity index (χ3v) is 9.27. The molecule has 16 nitrogen and oxygen atoms in total. The first kappa shape index (κ1) is 29.0. The Morgan fingerprint density at radius 2 is 2.22 bits per heavy atom. The first-order valence-corrected chi connectivity index (χ1v) is 15.5. The van der Waals surface area contributed by atoms with E-state index in [0.29, 0.717) is 36.0 Å². The van der Waals surface area contributed by atoms with Gasteiger partial charge in [0.2, 0.25) is 16.7 Å². The highest BCUT2D eigenvalue weighted by molar-refractivity contribution is 8.01. The number of anilines is 1. The van der Waals surface area contributed by atoms with Crippen molar-refractivity contribution in [3.05, 3.63) is 29.2 Å². The van der Waals surface area contributed by atoms with E-state index < -0.39 is 29.2 Å². The predicted molar refractivity (Wildman–Crippen MR) is 151 cm³/mol. The molecule has 0 radical (unpaired) electrons. The molecular formula is C22H27N11O5S3. The molecule has 1 aliphatic carbocycles. The van der Waals surface area contributed by atoms with E-state index in [1.807, 2.05) is 12.2 Å². The number of aliphatic carboxylic acids is 1. The number of nitrogen functional groups attached to an aromatic ring is 1. The Bertz CT molecular complexity index is 1410. The lowest BCUT2D eigenvalue weighted by atomic mass is 10.0. The normalized spacial score (nSPS) is 22.4. The maximum Gasteiger partial charge on any atom is 0.352 e. The van der Waals surface area contributed by atoms with Crippen molar-refractivity contribution in [2.45, 2.75) is 54.9 Å². The number of amides is 2. The summed E-state index contributed by atoms with van der Waals surface area (Å²) in [5.41, 5.74) is 11.5. The fourth-order valence-corrected chi connectivity index (χ4v) is 7.16.